The van der Waals surface area contributed by atoms with Gasteiger partial charge in [-0.05, 0) is 143 Å². The molecule has 0 aliphatic carbocycles. The molecule has 0 bridgehead atoms. The summed E-state index contributed by atoms with van der Waals surface area (Å²) in [6, 6.07) is 18.5. The van der Waals surface area contributed by atoms with Crippen LogP contribution < -0.4 is 19.7 Å². The molecule has 4 saturated heterocycles. The molecule has 326 valence electrons. The van der Waals surface area contributed by atoms with E-state index in [1.54, 1.807) is 24.3 Å². The molecule has 14 heteroatoms. The minimum absolute atomic E-state index is 0.184. The maximum atomic E-state index is 14.0. The van der Waals surface area contributed by atoms with E-state index in [9.17, 15) is 27.6 Å². The maximum Gasteiger partial charge on any atom is 0.262 e. The van der Waals surface area contributed by atoms with E-state index in [0.29, 0.717) is 59.6 Å². The molecule has 13 nitrogen and oxygen atoms in total. The largest absolute Gasteiger partial charge is 0.493 e. The summed E-state index contributed by atoms with van der Waals surface area (Å²) in [6.07, 6.45) is 8.74. The second kappa shape index (κ2) is 18.3. The number of nitrogens with zero attached hydrogens (tertiary/aromatic N) is 4. The number of benzene rings is 3. The summed E-state index contributed by atoms with van der Waals surface area (Å²) in [5, 5.41) is 2.47. The van der Waals surface area contributed by atoms with Crippen LogP contribution in [0.1, 0.15) is 114 Å². The zero-order chi connectivity index (χ0) is 42.8. The molecule has 8 rings (SSSR count). The number of anilines is 1. The van der Waals surface area contributed by atoms with Crippen molar-refractivity contribution in [3.8, 4) is 11.5 Å². The Morgan fingerprint density at radius 1 is 0.754 bits per heavy atom. The lowest BCUT2D eigenvalue weighted by Crippen LogP contribution is -2.49. The van der Waals surface area contributed by atoms with Crippen molar-refractivity contribution in [1.82, 2.24) is 20.0 Å². The van der Waals surface area contributed by atoms with Gasteiger partial charge in [-0.15, -0.1) is 0 Å². The number of likely N-dealkylation sites (tertiary alicyclic amines) is 2. The molecule has 2 unspecified atom stereocenters. The number of carbonyl (C=O) groups is 4. The first kappa shape index (κ1) is 42.9. The molecule has 0 saturated carbocycles. The van der Waals surface area contributed by atoms with E-state index in [1.165, 1.54) is 25.6 Å². The predicted octanol–water partition coefficient (Wildman–Crippen LogP) is 5.56. The fraction of sp³-hybridized carbons (Fsp3) is 0.532. The first-order valence-electron chi connectivity index (χ1n) is 22.0. The molecule has 4 amide bonds. The van der Waals surface area contributed by atoms with Crippen LogP contribution in [0.3, 0.4) is 0 Å². The van der Waals surface area contributed by atoms with Crippen LogP contribution >= 0.6 is 0 Å². The third-order valence-corrected chi connectivity index (χ3v) is 14.6. The molecular weight excluding hydrogens is 795 g/mol. The average molecular weight is 854 g/mol. The number of hydrogen-bond acceptors (Lipinski definition) is 11. The molecular formula is C47H59N5O8S. The highest BCUT2D eigenvalue weighted by atomic mass is 32.2. The van der Waals surface area contributed by atoms with Gasteiger partial charge in [0, 0.05) is 44.0 Å². The number of carbonyl (C=O) groups excluding carboxylic acids is 4. The van der Waals surface area contributed by atoms with Gasteiger partial charge in [-0.25, -0.2) is 8.42 Å². The molecule has 61 heavy (non-hydrogen) atoms. The number of rotatable bonds is 13. The smallest absolute Gasteiger partial charge is 0.262 e. The van der Waals surface area contributed by atoms with E-state index in [2.05, 4.69) is 32.1 Å². The van der Waals surface area contributed by atoms with Crippen molar-refractivity contribution in [2.45, 2.75) is 82.2 Å². The first-order valence-corrected chi connectivity index (χ1v) is 24.1. The maximum absolute atomic E-state index is 14.0. The van der Waals surface area contributed by atoms with Crippen LogP contribution in [0, 0.1) is 5.92 Å². The molecule has 1 N–H and O–H groups in total. The highest BCUT2D eigenvalue weighted by Crippen LogP contribution is 2.39. The van der Waals surface area contributed by atoms with E-state index in [1.807, 2.05) is 31.2 Å². The van der Waals surface area contributed by atoms with Gasteiger partial charge in [0.1, 0.15) is 9.84 Å². The minimum Gasteiger partial charge on any atom is -0.493 e. The number of nitrogens with one attached hydrogen (secondary N) is 1. The van der Waals surface area contributed by atoms with Crippen LogP contribution in [0.25, 0.3) is 0 Å². The molecule has 4 fully saturated rings. The van der Waals surface area contributed by atoms with Gasteiger partial charge in [-0.2, -0.15) is 0 Å². The monoisotopic (exact) mass is 853 g/mol. The van der Waals surface area contributed by atoms with Crippen molar-refractivity contribution in [1.29, 1.82) is 0 Å². The van der Waals surface area contributed by atoms with Gasteiger partial charge < -0.3 is 24.2 Å². The summed E-state index contributed by atoms with van der Waals surface area (Å²) in [5.41, 5.74) is 4.34. The zero-order valence-corrected chi connectivity index (χ0v) is 36.5. The Hall–Kier alpha value is -4.79. The number of fused-ring (bicyclic) bond motifs is 1. The lowest BCUT2D eigenvalue weighted by Gasteiger charge is -2.43. The molecule has 0 spiro atoms. The number of hydrogen-bond donors (Lipinski definition) is 1. The Balaban J connectivity index is 0.809. The topological polar surface area (TPSA) is 146 Å². The standard InChI is InChI=1S/C47H59N5O8S/c1-4-60-43-28-35(8-13-42(43)59-2)41(30-61(3,57)58)52-46(55)39-11-7-34(27-40(39)47(52)56)32-17-21-49(22-18-32)29-31-15-23-50(24-16-31)37-19-25-51(26-20-37)36-9-5-33(6-10-36)38-12-14-44(53)48-45(38)54/h5-11,13,27-28,31-32,37-38,41H,4,12,14-26,29-30H2,1-3H3,(H,48,53,54). The third-order valence-electron chi connectivity index (χ3n) is 13.7. The van der Waals surface area contributed by atoms with Gasteiger partial charge >= 0.3 is 0 Å². The van der Waals surface area contributed by atoms with E-state index < -0.39 is 33.4 Å². The Morgan fingerprint density at radius 2 is 1.44 bits per heavy atom. The van der Waals surface area contributed by atoms with Crippen molar-refractivity contribution >= 4 is 39.2 Å². The Kier molecular flexibility index (Phi) is 12.9. The fourth-order valence-electron chi connectivity index (χ4n) is 10.3. The van der Waals surface area contributed by atoms with Gasteiger partial charge in [-0.1, -0.05) is 24.3 Å². The fourth-order valence-corrected chi connectivity index (χ4v) is 11.2. The third kappa shape index (κ3) is 9.51. The van der Waals surface area contributed by atoms with Gasteiger partial charge in [0.2, 0.25) is 11.8 Å². The summed E-state index contributed by atoms with van der Waals surface area (Å²) in [4.78, 5) is 60.6. The highest BCUT2D eigenvalue weighted by Gasteiger charge is 2.43. The number of sulfone groups is 1. The van der Waals surface area contributed by atoms with Crippen LogP contribution in [0.15, 0.2) is 60.7 Å². The molecule has 5 aliphatic heterocycles. The van der Waals surface area contributed by atoms with E-state index in [0.717, 1.165) is 93.8 Å². The van der Waals surface area contributed by atoms with Gasteiger partial charge in [0.05, 0.1) is 42.6 Å². The van der Waals surface area contributed by atoms with Gasteiger partial charge in [0.25, 0.3) is 11.8 Å². The van der Waals surface area contributed by atoms with Crippen molar-refractivity contribution < 1.29 is 37.1 Å². The quantitative estimate of drug-likeness (QED) is 0.216. The van der Waals surface area contributed by atoms with E-state index in [4.69, 9.17) is 9.47 Å². The summed E-state index contributed by atoms with van der Waals surface area (Å²) < 4.78 is 36.5. The van der Waals surface area contributed by atoms with Crippen LogP contribution in [-0.2, 0) is 19.4 Å². The van der Waals surface area contributed by atoms with Crippen molar-refractivity contribution in [2.75, 3.05) is 76.4 Å². The van der Waals surface area contributed by atoms with Crippen LogP contribution in [-0.4, -0.2) is 124 Å². The Morgan fingerprint density at radius 3 is 2.10 bits per heavy atom. The molecule has 5 aliphatic rings. The molecule has 3 aromatic rings. The number of amides is 4. The molecule has 2 atom stereocenters. The lowest BCUT2D eigenvalue weighted by atomic mass is 9.87. The molecule has 3 aromatic carbocycles. The molecule has 5 heterocycles. The second-order valence-electron chi connectivity index (χ2n) is 17.6. The Bertz CT molecular complexity index is 2220. The van der Waals surface area contributed by atoms with Gasteiger partial charge in [0.15, 0.2) is 11.5 Å². The Labute approximate surface area is 359 Å². The zero-order valence-electron chi connectivity index (χ0n) is 35.6. The predicted molar refractivity (Wildman–Crippen MR) is 233 cm³/mol. The van der Waals surface area contributed by atoms with E-state index in [-0.39, 0.29) is 23.7 Å². The first-order chi connectivity index (χ1) is 29.4. The second-order valence-corrected chi connectivity index (χ2v) is 19.8. The van der Waals surface area contributed by atoms with E-state index >= 15 is 0 Å². The number of imide groups is 2. The highest BCUT2D eigenvalue weighted by molar-refractivity contribution is 7.90. The summed E-state index contributed by atoms with van der Waals surface area (Å²) in [6.45, 7) is 9.61. The molecule has 0 radical (unpaired) electrons. The van der Waals surface area contributed by atoms with Crippen molar-refractivity contribution in [3.63, 3.8) is 0 Å². The summed E-state index contributed by atoms with van der Waals surface area (Å²) in [5.74, 6) is -0.151. The number of methoxy groups -OCH3 is 1. The van der Waals surface area contributed by atoms with Crippen LogP contribution in [0.4, 0.5) is 5.69 Å². The minimum atomic E-state index is -3.59. The van der Waals surface area contributed by atoms with Crippen molar-refractivity contribution in [2.24, 2.45) is 5.92 Å². The average Bonchev–Trinajstić information content (AvgIpc) is 3.51. The summed E-state index contributed by atoms with van der Waals surface area (Å²) >= 11 is 0. The molecule has 0 aromatic heterocycles. The SMILES string of the molecule is CCOc1cc(C(CS(C)(=O)=O)N2C(=O)c3ccc(C4CCN(CC5CCN(C6CCN(c7ccc(C8CCC(=O)NC8=O)cc7)CC6)CC5)CC4)cc3C2=O)ccc1OC. The van der Waals surface area contributed by atoms with Gasteiger partial charge in [-0.3, -0.25) is 29.4 Å². The lowest BCUT2D eigenvalue weighted by molar-refractivity contribution is -0.134. The van der Waals surface area contributed by atoms with Crippen LogP contribution in [0.2, 0.25) is 0 Å². The number of piperidine rings is 4. The summed E-state index contributed by atoms with van der Waals surface area (Å²) in [7, 11) is -2.07. The number of ether oxygens (including phenoxy) is 2. The normalized spacial score (nSPS) is 22.0. The van der Waals surface area contributed by atoms with Crippen molar-refractivity contribution in [3.05, 3.63) is 88.5 Å². The van der Waals surface area contributed by atoms with Crippen LogP contribution in [0.5, 0.6) is 11.5 Å².